The largest absolute Gasteiger partial charge is 0.383 e. The standard InChI is InChI=1S/C15H11BrFN3/c16-11-3-7-13(8-4-11)20-15(18)14(9-19-20)10-1-5-12(17)6-2-10/h1-9H,18H2. The molecule has 0 atom stereocenters. The first-order valence-electron chi connectivity index (χ1n) is 6.00. The summed E-state index contributed by atoms with van der Waals surface area (Å²) in [5, 5.41) is 4.30. The van der Waals surface area contributed by atoms with Gasteiger partial charge in [-0.2, -0.15) is 5.10 Å². The molecule has 2 N–H and O–H groups in total. The number of anilines is 1. The van der Waals surface area contributed by atoms with E-state index in [1.807, 2.05) is 24.3 Å². The summed E-state index contributed by atoms with van der Waals surface area (Å²) >= 11 is 3.39. The molecule has 0 radical (unpaired) electrons. The Morgan fingerprint density at radius 2 is 1.65 bits per heavy atom. The molecule has 1 heterocycles. The summed E-state index contributed by atoms with van der Waals surface area (Å²) in [6, 6.07) is 13.9. The van der Waals surface area contributed by atoms with Crippen LogP contribution in [0.15, 0.2) is 59.2 Å². The van der Waals surface area contributed by atoms with Crippen molar-refractivity contribution in [1.29, 1.82) is 0 Å². The van der Waals surface area contributed by atoms with Gasteiger partial charge in [0, 0.05) is 10.0 Å². The lowest BCUT2D eigenvalue weighted by Crippen LogP contribution is -2.01. The topological polar surface area (TPSA) is 43.8 Å². The van der Waals surface area contributed by atoms with E-state index in [4.69, 9.17) is 5.73 Å². The molecule has 20 heavy (non-hydrogen) atoms. The summed E-state index contributed by atoms with van der Waals surface area (Å²) in [7, 11) is 0. The molecular weight excluding hydrogens is 321 g/mol. The molecule has 1 aromatic heterocycles. The molecule has 0 fully saturated rings. The SMILES string of the molecule is Nc1c(-c2ccc(F)cc2)cnn1-c1ccc(Br)cc1. The minimum Gasteiger partial charge on any atom is -0.383 e. The smallest absolute Gasteiger partial charge is 0.135 e. The molecule has 0 spiro atoms. The summed E-state index contributed by atoms with van der Waals surface area (Å²) < 4.78 is 15.6. The Labute approximate surface area is 124 Å². The van der Waals surface area contributed by atoms with Gasteiger partial charge >= 0.3 is 0 Å². The van der Waals surface area contributed by atoms with Gasteiger partial charge < -0.3 is 5.73 Å². The maximum atomic E-state index is 13.0. The van der Waals surface area contributed by atoms with Gasteiger partial charge in [-0.3, -0.25) is 0 Å². The Kier molecular flexibility index (Phi) is 3.28. The van der Waals surface area contributed by atoms with Crippen molar-refractivity contribution in [2.45, 2.75) is 0 Å². The first kappa shape index (κ1) is 12.9. The normalized spacial score (nSPS) is 10.7. The van der Waals surface area contributed by atoms with Gasteiger partial charge in [0.05, 0.1) is 11.9 Å². The van der Waals surface area contributed by atoms with E-state index in [1.165, 1.54) is 12.1 Å². The van der Waals surface area contributed by atoms with Gasteiger partial charge in [-0.25, -0.2) is 9.07 Å². The maximum absolute atomic E-state index is 13.0. The first-order valence-corrected chi connectivity index (χ1v) is 6.80. The van der Waals surface area contributed by atoms with Crippen LogP contribution in [0.1, 0.15) is 0 Å². The van der Waals surface area contributed by atoms with Gasteiger partial charge in [-0.1, -0.05) is 28.1 Å². The van der Waals surface area contributed by atoms with Gasteiger partial charge in [0.25, 0.3) is 0 Å². The molecule has 0 aliphatic rings. The third-order valence-corrected chi connectivity index (χ3v) is 3.56. The molecule has 0 unspecified atom stereocenters. The average molecular weight is 332 g/mol. The zero-order valence-corrected chi connectivity index (χ0v) is 12.0. The van der Waals surface area contributed by atoms with Gasteiger partial charge in [-0.05, 0) is 42.0 Å². The summed E-state index contributed by atoms with van der Waals surface area (Å²) in [6.07, 6.45) is 1.69. The number of nitrogens with zero attached hydrogens (tertiary/aromatic N) is 2. The molecule has 0 saturated heterocycles. The summed E-state index contributed by atoms with van der Waals surface area (Å²) in [5.74, 6) is 0.256. The molecule has 0 amide bonds. The number of aromatic nitrogens is 2. The van der Waals surface area contributed by atoms with E-state index in [1.54, 1.807) is 23.0 Å². The monoisotopic (exact) mass is 331 g/mol. The van der Waals surface area contributed by atoms with E-state index in [0.717, 1.165) is 21.3 Å². The van der Waals surface area contributed by atoms with Crippen LogP contribution in [0.5, 0.6) is 0 Å². The fourth-order valence-corrected chi connectivity index (χ4v) is 2.26. The van der Waals surface area contributed by atoms with E-state index >= 15 is 0 Å². The molecule has 2 aromatic carbocycles. The highest BCUT2D eigenvalue weighted by molar-refractivity contribution is 9.10. The molecular formula is C15H11BrFN3. The first-order chi connectivity index (χ1) is 9.65. The third kappa shape index (κ3) is 2.32. The van der Waals surface area contributed by atoms with Crippen molar-refractivity contribution in [3.8, 4) is 16.8 Å². The Morgan fingerprint density at radius 1 is 1.00 bits per heavy atom. The second-order valence-corrected chi connectivity index (χ2v) is 5.25. The molecule has 5 heteroatoms. The molecule has 3 nitrogen and oxygen atoms in total. The number of nitrogen functional groups attached to an aromatic ring is 1. The maximum Gasteiger partial charge on any atom is 0.135 e. The van der Waals surface area contributed by atoms with Crippen molar-refractivity contribution in [2.75, 3.05) is 5.73 Å². The van der Waals surface area contributed by atoms with E-state index < -0.39 is 0 Å². The Bertz CT molecular complexity index is 670. The van der Waals surface area contributed by atoms with Crippen LogP contribution >= 0.6 is 15.9 Å². The van der Waals surface area contributed by atoms with E-state index in [9.17, 15) is 4.39 Å². The molecule has 0 aliphatic heterocycles. The Morgan fingerprint density at radius 3 is 2.30 bits per heavy atom. The van der Waals surface area contributed by atoms with Gasteiger partial charge in [0.15, 0.2) is 0 Å². The second-order valence-electron chi connectivity index (χ2n) is 4.34. The minimum atomic E-state index is -0.271. The number of hydrogen-bond donors (Lipinski definition) is 1. The van der Waals surface area contributed by atoms with E-state index in [-0.39, 0.29) is 5.82 Å². The van der Waals surface area contributed by atoms with Crippen molar-refractivity contribution in [3.63, 3.8) is 0 Å². The van der Waals surface area contributed by atoms with Crippen molar-refractivity contribution in [2.24, 2.45) is 0 Å². The average Bonchev–Trinajstić information content (AvgIpc) is 2.83. The molecule has 0 bridgehead atoms. The minimum absolute atomic E-state index is 0.271. The predicted molar refractivity (Wildman–Crippen MR) is 81.1 cm³/mol. The lowest BCUT2D eigenvalue weighted by molar-refractivity contribution is 0.628. The Hall–Kier alpha value is -2.14. The zero-order valence-electron chi connectivity index (χ0n) is 10.4. The lowest BCUT2D eigenvalue weighted by atomic mass is 10.1. The third-order valence-electron chi connectivity index (χ3n) is 3.03. The summed E-state index contributed by atoms with van der Waals surface area (Å²) in [4.78, 5) is 0. The van der Waals surface area contributed by atoms with Crippen LogP contribution in [-0.4, -0.2) is 9.78 Å². The number of rotatable bonds is 2. The van der Waals surface area contributed by atoms with Crippen LogP contribution in [0, 0.1) is 5.82 Å². The fourth-order valence-electron chi connectivity index (χ4n) is 2.00. The van der Waals surface area contributed by atoms with Crippen molar-refractivity contribution in [3.05, 3.63) is 65.0 Å². The molecule has 3 aromatic rings. The summed E-state index contributed by atoms with van der Waals surface area (Å²) in [5.41, 5.74) is 8.64. The van der Waals surface area contributed by atoms with Gasteiger partial charge in [0.1, 0.15) is 11.6 Å². The van der Waals surface area contributed by atoms with Crippen molar-refractivity contribution < 1.29 is 4.39 Å². The van der Waals surface area contributed by atoms with Crippen LogP contribution in [-0.2, 0) is 0 Å². The highest BCUT2D eigenvalue weighted by Crippen LogP contribution is 2.28. The van der Waals surface area contributed by atoms with E-state index in [0.29, 0.717) is 5.82 Å². The molecule has 0 saturated carbocycles. The number of halogens is 2. The molecule has 100 valence electrons. The van der Waals surface area contributed by atoms with Crippen LogP contribution in [0.4, 0.5) is 10.2 Å². The number of hydrogen-bond acceptors (Lipinski definition) is 2. The number of nitrogens with two attached hydrogens (primary N) is 1. The van der Waals surface area contributed by atoms with E-state index in [2.05, 4.69) is 21.0 Å². The van der Waals surface area contributed by atoms with Crippen molar-refractivity contribution >= 4 is 21.7 Å². The quantitative estimate of drug-likeness (QED) is 0.770. The van der Waals surface area contributed by atoms with Crippen LogP contribution < -0.4 is 5.73 Å². The lowest BCUT2D eigenvalue weighted by Gasteiger charge is -2.05. The van der Waals surface area contributed by atoms with Crippen LogP contribution in [0.3, 0.4) is 0 Å². The predicted octanol–water partition coefficient (Wildman–Crippen LogP) is 4.02. The Balaban J connectivity index is 2.04. The van der Waals surface area contributed by atoms with Crippen molar-refractivity contribution in [1.82, 2.24) is 9.78 Å². The van der Waals surface area contributed by atoms with Crippen LogP contribution in [0.25, 0.3) is 16.8 Å². The highest BCUT2D eigenvalue weighted by atomic mass is 79.9. The summed E-state index contributed by atoms with van der Waals surface area (Å²) in [6.45, 7) is 0. The molecule has 0 aliphatic carbocycles. The highest BCUT2D eigenvalue weighted by Gasteiger charge is 2.10. The molecule has 3 rings (SSSR count). The van der Waals surface area contributed by atoms with Crippen LogP contribution in [0.2, 0.25) is 0 Å². The second kappa shape index (κ2) is 5.09. The number of benzene rings is 2. The van der Waals surface area contributed by atoms with Gasteiger partial charge in [-0.15, -0.1) is 0 Å². The fraction of sp³-hybridized carbons (Fsp3) is 0. The zero-order chi connectivity index (χ0) is 14.1. The van der Waals surface area contributed by atoms with Gasteiger partial charge in [0.2, 0.25) is 0 Å².